The Bertz CT molecular complexity index is 746. The number of hydrogen-bond acceptors (Lipinski definition) is 4. The Morgan fingerprint density at radius 3 is 2.95 bits per heavy atom. The molecule has 0 aliphatic carbocycles. The van der Waals surface area contributed by atoms with Crippen LogP contribution in [0.5, 0.6) is 0 Å². The second-order valence-corrected chi connectivity index (χ2v) is 5.32. The summed E-state index contributed by atoms with van der Waals surface area (Å²) < 4.78 is 7.65. The van der Waals surface area contributed by atoms with Gasteiger partial charge in [0.2, 0.25) is 0 Å². The van der Waals surface area contributed by atoms with Gasteiger partial charge in [-0.3, -0.25) is 9.97 Å². The molecule has 4 rings (SSSR count). The Labute approximate surface area is 116 Å². The van der Waals surface area contributed by atoms with Gasteiger partial charge in [-0.15, -0.1) is 0 Å². The number of rotatable bonds is 2. The van der Waals surface area contributed by atoms with Crippen molar-refractivity contribution in [3.63, 3.8) is 0 Å². The fraction of sp³-hybridized carbons (Fsp3) is 0.400. The average molecular weight is 268 g/mol. The maximum atomic E-state index is 5.43. The lowest BCUT2D eigenvalue weighted by Crippen LogP contribution is -2.20. The van der Waals surface area contributed by atoms with Crippen molar-refractivity contribution in [3.8, 4) is 0 Å². The van der Waals surface area contributed by atoms with E-state index in [1.807, 2.05) is 30.9 Å². The highest BCUT2D eigenvalue weighted by Crippen LogP contribution is 2.24. The predicted octanol–water partition coefficient (Wildman–Crippen LogP) is 2.41. The minimum absolute atomic E-state index is 0.660. The quantitative estimate of drug-likeness (QED) is 0.716. The standard InChI is InChI=1S/C15H16N4O/c1-2-12-14(16-5-1)15-13(8-17-12)18-10-19(15)9-11-3-6-20-7-4-11/h1-2,5,8,10-11H,3-4,6-7,9H2. The number of fused-ring (bicyclic) bond motifs is 3. The summed E-state index contributed by atoms with van der Waals surface area (Å²) in [6.07, 6.45) is 7.80. The first-order valence-electron chi connectivity index (χ1n) is 7.04. The zero-order valence-electron chi connectivity index (χ0n) is 11.2. The summed E-state index contributed by atoms with van der Waals surface area (Å²) in [6.45, 7) is 2.73. The van der Waals surface area contributed by atoms with Crippen LogP contribution >= 0.6 is 0 Å². The molecule has 102 valence electrons. The van der Waals surface area contributed by atoms with Crippen LogP contribution in [0.4, 0.5) is 0 Å². The number of hydrogen-bond donors (Lipinski definition) is 0. The highest BCUT2D eigenvalue weighted by atomic mass is 16.5. The Balaban J connectivity index is 1.80. The van der Waals surface area contributed by atoms with Crippen molar-refractivity contribution in [2.45, 2.75) is 19.4 Å². The van der Waals surface area contributed by atoms with E-state index in [9.17, 15) is 0 Å². The summed E-state index contributed by atoms with van der Waals surface area (Å²) in [4.78, 5) is 13.4. The van der Waals surface area contributed by atoms with Crippen molar-refractivity contribution in [1.29, 1.82) is 0 Å². The fourth-order valence-corrected chi connectivity index (χ4v) is 2.91. The number of nitrogens with zero attached hydrogens (tertiary/aromatic N) is 4. The maximum absolute atomic E-state index is 5.43. The van der Waals surface area contributed by atoms with Crippen LogP contribution in [0.25, 0.3) is 22.1 Å². The lowest BCUT2D eigenvalue weighted by Gasteiger charge is -2.22. The third-order valence-corrected chi connectivity index (χ3v) is 4.00. The Kier molecular flexibility index (Phi) is 2.85. The van der Waals surface area contributed by atoms with E-state index in [-0.39, 0.29) is 0 Å². The molecule has 1 aliphatic heterocycles. The molecule has 5 nitrogen and oxygen atoms in total. The number of imidazole rings is 1. The molecule has 1 saturated heterocycles. The molecule has 0 radical (unpaired) electrons. The van der Waals surface area contributed by atoms with E-state index >= 15 is 0 Å². The summed E-state index contributed by atoms with van der Waals surface area (Å²) >= 11 is 0. The second-order valence-electron chi connectivity index (χ2n) is 5.32. The molecule has 1 fully saturated rings. The molecular formula is C15H16N4O. The summed E-state index contributed by atoms with van der Waals surface area (Å²) in [7, 11) is 0. The lowest BCUT2D eigenvalue weighted by molar-refractivity contribution is 0.0616. The molecule has 0 amide bonds. The van der Waals surface area contributed by atoms with Crippen LogP contribution in [0.1, 0.15) is 12.8 Å². The van der Waals surface area contributed by atoms with Crippen LogP contribution < -0.4 is 0 Å². The van der Waals surface area contributed by atoms with E-state index in [4.69, 9.17) is 4.74 Å². The summed E-state index contributed by atoms with van der Waals surface area (Å²) in [5.41, 5.74) is 3.88. The number of ether oxygens (including phenoxy) is 1. The van der Waals surface area contributed by atoms with Crippen LogP contribution in [0, 0.1) is 5.92 Å². The number of pyridine rings is 2. The Hall–Kier alpha value is -2.01. The zero-order chi connectivity index (χ0) is 13.4. The molecule has 0 unspecified atom stereocenters. The van der Waals surface area contributed by atoms with Gasteiger partial charge in [0.1, 0.15) is 11.0 Å². The van der Waals surface area contributed by atoms with Gasteiger partial charge >= 0.3 is 0 Å². The molecule has 3 aromatic heterocycles. The van der Waals surface area contributed by atoms with E-state index in [0.717, 1.165) is 54.7 Å². The first-order chi connectivity index (χ1) is 9.92. The van der Waals surface area contributed by atoms with Crippen LogP contribution in [0.3, 0.4) is 0 Å². The number of aromatic nitrogens is 4. The highest BCUT2D eigenvalue weighted by Gasteiger charge is 2.17. The van der Waals surface area contributed by atoms with Gasteiger partial charge in [0.05, 0.1) is 23.6 Å². The van der Waals surface area contributed by atoms with Gasteiger partial charge in [0.25, 0.3) is 0 Å². The van der Waals surface area contributed by atoms with Gasteiger partial charge in [-0.25, -0.2) is 4.98 Å². The molecular weight excluding hydrogens is 252 g/mol. The first-order valence-corrected chi connectivity index (χ1v) is 7.04. The van der Waals surface area contributed by atoms with Crippen molar-refractivity contribution in [3.05, 3.63) is 30.9 Å². The molecule has 0 atom stereocenters. The van der Waals surface area contributed by atoms with Crippen LogP contribution in [0.2, 0.25) is 0 Å². The van der Waals surface area contributed by atoms with Gasteiger partial charge in [-0.05, 0) is 30.9 Å². The van der Waals surface area contributed by atoms with Crippen molar-refractivity contribution in [2.75, 3.05) is 13.2 Å². The van der Waals surface area contributed by atoms with Crippen LogP contribution in [-0.4, -0.2) is 32.7 Å². The topological polar surface area (TPSA) is 52.8 Å². The van der Waals surface area contributed by atoms with Gasteiger partial charge in [0.15, 0.2) is 0 Å². The minimum atomic E-state index is 0.660. The molecule has 0 bridgehead atoms. The first kappa shape index (κ1) is 11.8. The molecule has 3 aromatic rings. The molecule has 0 N–H and O–H groups in total. The van der Waals surface area contributed by atoms with E-state index in [1.54, 1.807) is 0 Å². The Morgan fingerprint density at radius 1 is 1.15 bits per heavy atom. The third kappa shape index (κ3) is 1.94. The SMILES string of the molecule is c1cnc2c(c1)ncc1ncn(CC3CCOCC3)c12. The summed E-state index contributed by atoms with van der Waals surface area (Å²) in [6, 6.07) is 3.91. The van der Waals surface area contributed by atoms with E-state index < -0.39 is 0 Å². The normalized spacial score (nSPS) is 17.0. The average Bonchev–Trinajstić information content (AvgIpc) is 2.92. The van der Waals surface area contributed by atoms with Crippen molar-refractivity contribution in [1.82, 2.24) is 19.5 Å². The van der Waals surface area contributed by atoms with Crippen LogP contribution in [-0.2, 0) is 11.3 Å². The smallest absolute Gasteiger partial charge is 0.115 e. The predicted molar refractivity (Wildman–Crippen MR) is 76.4 cm³/mol. The van der Waals surface area contributed by atoms with Crippen molar-refractivity contribution >= 4 is 22.1 Å². The molecule has 0 aromatic carbocycles. The molecule has 5 heteroatoms. The Morgan fingerprint density at radius 2 is 2.05 bits per heavy atom. The van der Waals surface area contributed by atoms with E-state index in [2.05, 4.69) is 19.5 Å². The maximum Gasteiger partial charge on any atom is 0.115 e. The fourth-order valence-electron chi connectivity index (χ4n) is 2.91. The largest absolute Gasteiger partial charge is 0.381 e. The minimum Gasteiger partial charge on any atom is -0.381 e. The van der Waals surface area contributed by atoms with Gasteiger partial charge in [-0.2, -0.15) is 0 Å². The lowest BCUT2D eigenvalue weighted by atomic mass is 10.0. The molecule has 4 heterocycles. The molecule has 0 saturated carbocycles. The summed E-state index contributed by atoms with van der Waals surface area (Å²) in [5.74, 6) is 0.660. The zero-order valence-corrected chi connectivity index (χ0v) is 11.2. The molecule has 1 aliphatic rings. The molecule has 0 spiro atoms. The monoisotopic (exact) mass is 268 g/mol. The highest BCUT2D eigenvalue weighted by molar-refractivity contribution is 5.99. The van der Waals surface area contributed by atoms with Crippen LogP contribution in [0.15, 0.2) is 30.9 Å². The van der Waals surface area contributed by atoms with Crippen molar-refractivity contribution in [2.24, 2.45) is 5.92 Å². The van der Waals surface area contributed by atoms with E-state index in [1.165, 1.54) is 0 Å². The van der Waals surface area contributed by atoms with Gasteiger partial charge in [0, 0.05) is 26.0 Å². The van der Waals surface area contributed by atoms with Crippen molar-refractivity contribution < 1.29 is 4.74 Å². The van der Waals surface area contributed by atoms with E-state index in [0.29, 0.717) is 5.92 Å². The summed E-state index contributed by atoms with van der Waals surface area (Å²) in [5, 5.41) is 0. The second kappa shape index (κ2) is 4.83. The third-order valence-electron chi connectivity index (χ3n) is 4.00. The van der Waals surface area contributed by atoms with Gasteiger partial charge < -0.3 is 9.30 Å². The molecule has 20 heavy (non-hydrogen) atoms. The van der Waals surface area contributed by atoms with Gasteiger partial charge in [-0.1, -0.05) is 0 Å².